The Morgan fingerprint density at radius 3 is 1.27 bits per heavy atom. The fraction of sp³-hybridized carbons (Fsp3) is 0.778. The van der Waals surface area contributed by atoms with Crippen molar-refractivity contribution in [3.05, 3.63) is 12.2 Å². The molecule has 0 bridgehead atoms. The van der Waals surface area contributed by atoms with Gasteiger partial charge in [-0.15, -0.1) is 0 Å². The van der Waals surface area contributed by atoms with Gasteiger partial charge in [0.25, 0.3) is 5.91 Å². The van der Waals surface area contributed by atoms with Crippen LogP contribution in [0.1, 0.15) is 156 Å². The van der Waals surface area contributed by atoms with Gasteiger partial charge in [-0.3, -0.25) is 52.7 Å². The second kappa shape index (κ2) is 35.5. The normalized spacial score (nSPS) is 27.2. The zero-order chi connectivity index (χ0) is 68.4. The smallest absolute Gasteiger partial charge is 0.336 e. The molecule has 6 N–H and O–H groups in total. The molecule has 25 nitrogen and oxygen atoms in total. The Hall–Kier alpha value is -6.66. The highest BCUT2D eigenvalue weighted by molar-refractivity contribution is 6.06. The van der Waals surface area contributed by atoms with Gasteiger partial charge in [-0.1, -0.05) is 109 Å². The maximum absolute atomic E-state index is 15.2. The van der Waals surface area contributed by atoms with Crippen LogP contribution in [0.2, 0.25) is 0 Å². The van der Waals surface area contributed by atoms with Crippen molar-refractivity contribution in [1.82, 2.24) is 55.6 Å². The minimum atomic E-state index is -2.27. The largest absolute Gasteiger partial charge is 0.479 e. The molecule has 1 unspecified atom stereocenters. The molecule has 0 aliphatic carbocycles. The monoisotopic (exact) mass is 1250 g/mol. The van der Waals surface area contributed by atoms with E-state index in [1.54, 1.807) is 67.5 Å². The Balaban J connectivity index is 4.46. The summed E-state index contributed by atoms with van der Waals surface area (Å²) in [5, 5.41) is 33.5. The number of carbonyl (C=O) groups is 12. The van der Waals surface area contributed by atoms with Gasteiger partial charge >= 0.3 is 5.97 Å². The van der Waals surface area contributed by atoms with Crippen molar-refractivity contribution < 1.29 is 67.7 Å². The number of likely N-dealkylation sites (N-methyl/N-ethyl adjacent to an activating group) is 7. The van der Waals surface area contributed by atoms with E-state index in [1.807, 2.05) is 41.5 Å². The van der Waals surface area contributed by atoms with Crippen molar-refractivity contribution in [3.63, 3.8) is 0 Å². The number of amides is 11. The van der Waals surface area contributed by atoms with Crippen molar-refractivity contribution in [2.75, 3.05) is 49.3 Å². The van der Waals surface area contributed by atoms with Gasteiger partial charge in [0.2, 0.25) is 65.1 Å². The molecule has 502 valence electrons. The number of nitrogens with zero attached hydrogens (tertiary/aromatic N) is 7. The van der Waals surface area contributed by atoms with Gasteiger partial charge in [-0.2, -0.15) is 0 Å². The van der Waals surface area contributed by atoms with Crippen LogP contribution in [0.15, 0.2) is 12.2 Å². The summed E-state index contributed by atoms with van der Waals surface area (Å²) < 4.78 is 0. The van der Waals surface area contributed by atoms with Crippen molar-refractivity contribution in [1.29, 1.82) is 0 Å². The number of aliphatic hydroxyl groups is 1. The number of aliphatic carboxylic acids is 1. The predicted molar refractivity (Wildman–Crippen MR) is 335 cm³/mol. The first kappa shape index (κ1) is 79.4. The lowest BCUT2D eigenvalue weighted by molar-refractivity contribution is -0.160. The van der Waals surface area contributed by atoms with E-state index in [4.69, 9.17) is 0 Å². The van der Waals surface area contributed by atoms with Crippen molar-refractivity contribution in [2.24, 2.45) is 41.4 Å². The lowest BCUT2D eigenvalue weighted by Gasteiger charge is -2.41. The van der Waals surface area contributed by atoms with Gasteiger partial charge in [-0.05, 0) is 101 Å². The number of nitrogens with one attached hydrogen (secondary N) is 4. The number of carboxylic acid groups (broad SMARTS) is 1. The highest BCUT2D eigenvalue weighted by atomic mass is 16.4. The van der Waals surface area contributed by atoms with E-state index in [1.165, 1.54) is 82.7 Å². The summed E-state index contributed by atoms with van der Waals surface area (Å²) in [6.45, 7) is 29.0. The Labute approximate surface area is 524 Å². The lowest BCUT2D eigenvalue weighted by Crippen LogP contribution is -2.64. The van der Waals surface area contributed by atoms with E-state index in [-0.39, 0.29) is 62.2 Å². The summed E-state index contributed by atoms with van der Waals surface area (Å²) >= 11 is 0. The molecule has 0 aromatic rings. The molecule has 88 heavy (non-hydrogen) atoms. The van der Waals surface area contributed by atoms with Crippen LogP contribution in [0.3, 0.4) is 0 Å². The summed E-state index contributed by atoms with van der Waals surface area (Å²) in [5.41, 5.74) is 0. The third-order valence-electron chi connectivity index (χ3n) is 16.5. The van der Waals surface area contributed by atoms with E-state index < -0.39 is 161 Å². The molecule has 1 saturated heterocycles. The van der Waals surface area contributed by atoms with Gasteiger partial charge in [0.05, 0.1) is 6.10 Å². The van der Waals surface area contributed by atoms with Crippen LogP contribution in [-0.4, -0.2) is 237 Å². The van der Waals surface area contributed by atoms with Crippen LogP contribution in [-0.2, 0) is 57.5 Å². The predicted octanol–water partition coefficient (Wildman–Crippen LogP) is 2.72. The van der Waals surface area contributed by atoms with Gasteiger partial charge in [0, 0.05) is 49.3 Å². The van der Waals surface area contributed by atoms with Crippen LogP contribution in [0.25, 0.3) is 0 Å². The van der Waals surface area contributed by atoms with E-state index >= 15 is 9.59 Å². The van der Waals surface area contributed by atoms with Crippen LogP contribution in [0.4, 0.5) is 0 Å². The Bertz CT molecular complexity index is 2470. The maximum atomic E-state index is 15.2. The molecule has 1 heterocycles. The molecule has 0 radical (unpaired) electrons. The molecular formula is C63H111N11O14. The summed E-state index contributed by atoms with van der Waals surface area (Å²) in [5.74, 6) is -13.7. The molecule has 0 aromatic carbocycles. The highest BCUT2D eigenvalue weighted by Crippen LogP contribution is 2.26. The number of hydrogen-bond donors (Lipinski definition) is 6. The summed E-state index contributed by atoms with van der Waals surface area (Å²) in [6, 6.07) is -15.7. The third-order valence-corrected chi connectivity index (χ3v) is 16.5. The molecule has 1 aliphatic heterocycles. The van der Waals surface area contributed by atoms with E-state index in [9.17, 15) is 58.2 Å². The fourth-order valence-electron chi connectivity index (χ4n) is 11.0. The van der Waals surface area contributed by atoms with E-state index in [2.05, 4.69) is 21.3 Å². The number of aliphatic hydroxyl groups excluding tert-OH is 1. The summed E-state index contributed by atoms with van der Waals surface area (Å²) in [6.07, 6.45) is 2.25. The van der Waals surface area contributed by atoms with Crippen LogP contribution >= 0.6 is 0 Å². The minimum absolute atomic E-state index is 0.0460. The summed E-state index contributed by atoms with van der Waals surface area (Å²) in [4.78, 5) is 182. The maximum Gasteiger partial charge on any atom is 0.336 e. The van der Waals surface area contributed by atoms with Crippen molar-refractivity contribution in [2.45, 2.75) is 229 Å². The van der Waals surface area contributed by atoms with Gasteiger partial charge < -0.3 is 65.8 Å². The van der Waals surface area contributed by atoms with E-state index in [0.29, 0.717) is 4.90 Å². The molecule has 0 saturated carbocycles. The zero-order valence-corrected chi connectivity index (χ0v) is 57.3. The number of hydrogen-bond acceptors (Lipinski definition) is 13. The Kier molecular flexibility index (Phi) is 32.0. The molecule has 1 aliphatic rings. The van der Waals surface area contributed by atoms with Gasteiger partial charge in [0.1, 0.15) is 60.4 Å². The molecule has 0 spiro atoms. The quantitative estimate of drug-likeness (QED) is 0.0957. The lowest BCUT2D eigenvalue weighted by atomic mass is 9.91. The number of carboxylic acids is 1. The van der Waals surface area contributed by atoms with Crippen molar-refractivity contribution in [3.8, 4) is 0 Å². The van der Waals surface area contributed by atoms with Crippen LogP contribution in [0, 0.1) is 41.4 Å². The van der Waals surface area contributed by atoms with E-state index in [0.717, 1.165) is 16.8 Å². The van der Waals surface area contributed by atoms with Gasteiger partial charge in [-0.25, -0.2) is 4.79 Å². The SMILES string of the molecule is CC=CC[C@@H](C)[C@@H](O)[C@H]1C(=O)N[C@@H](CC)C(=O)N(C)C(C(=O)O)C(=O)N(C)[C@@H](CC(C)C)C(=O)N[C@@H](C(C)C)C(=O)N(C)[C@@H](CC(C)C)C(=O)N[C@@H](C)C(=O)N[C@H](C)C(=O)N(C)[C@@H](CC(C)C)C(=O)N(C)[C@@H](CC(C)C)C(=O)N(C)[C@@H](C(C)C)C(=O)N1C. The average Bonchev–Trinajstić information content (AvgIpc) is 2.37. The molecule has 0 aromatic heterocycles. The van der Waals surface area contributed by atoms with Crippen LogP contribution in [0.5, 0.6) is 0 Å². The second-order valence-electron chi connectivity index (χ2n) is 26.5. The molecule has 1 fully saturated rings. The zero-order valence-electron chi connectivity index (χ0n) is 57.3. The molecular weight excluding hydrogens is 1130 g/mol. The topological polar surface area (TPSA) is 316 Å². The number of rotatable bonds is 16. The Morgan fingerprint density at radius 2 is 0.852 bits per heavy atom. The van der Waals surface area contributed by atoms with Gasteiger partial charge in [0.15, 0.2) is 0 Å². The van der Waals surface area contributed by atoms with Crippen molar-refractivity contribution >= 4 is 70.9 Å². The molecule has 11 amide bonds. The average molecular weight is 1250 g/mol. The molecule has 25 heteroatoms. The first-order valence-electron chi connectivity index (χ1n) is 31.2. The second-order valence-corrected chi connectivity index (χ2v) is 26.5. The number of carbonyl (C=O) groups excluding carboxylic acids is 11. The third kappa shape index (κ3) is 21.3. The first-order chi connectivity index (χ1) is 40.5. The summed E-state index contributed by atoms with van der Waals surface area (Å²) in [7, 11) is 9.15. The Morgan fingerprint density at radius 1 is 0.455 bits per heavy atom. The standard InChI is InChI=1S/C63H111N11O14/c1-25-27-28-39(15)51(75)49-55(79)66-42(26-2)57(81)74(24)50(63(87)88)62(86)69(19)44(30-34(5)6)54(78)67-47(37(11)12)60(84)68(18)43(29-33(3)4)53(77)64-40(16)52(76)65-41(17)56(80)70(20)45(31-35(7)8)58(82)71(21)46(32-36(9)10)59(83)72(22)48(38(13)14)61(85)73(49)23/h25,27,33-51,75H,26,28-32H2,1-24H3,(H,64,77)(H,65,76)(H,66,79)(H,67,78)(H,87,88)/t39-,40+,41-,42+,43+,44+,45+,46+,47+,48+,49+,50?,51-/m1/s1. The minimum Gasteiger partial charge on any atom is -0.479 e. The number of allylic oxidation sites excluding steroid dienone is 2. The highest BCUT2D eigenvalue weighted by Gasteiger charge is 2.47. The van der Waals surface area contributed by atoms with Crippen LogP contribution < -0.4 is 21.3 Å². The first-order valence-corrected chi connectivity index (χ1v) is 31.2. The molecule has 1 rings (SSSR count). The molecule has 13 atom stereocenters. The fourth-order valence-corrected chi connectivity index (χ4v) is 11.0.